The molecule has 2 nitrogen and oxygen atoms in total. The summed E-state index contributed by atoms with van der Waals surface area (Å²) in [5, 5.41) is 8.87. The lowest BCUT2D eigenvalue weighted by atomic mass is 9.88. The van der Waals surface area contributed by atoms with Crippen LogP contribution in [0.25, 0.3) is 0 Å². The molecule has 1 unspecified atom stereocenters. The number of hydrogen-bond acceptors (Lipinski definition) is 2. The third-order valence-electron chi connectivity index (χ3n) is 2.47. The van der Waals surface area contributed by atoms with Gasteiger partial charge in [-0.1, -0.05) is 20.8 Å². The number of aliphatic hydroxyl groups excluding tert-OH is 1. The van der Waals surface area contributed by atoms with Gasteiger partial charge in [-0.2, -0.15) is 0 Å². The Morgan fingerprint density at radius 1 is 1.58 bits per heavy atom. The normalized spacial score (nSPS) is 30.5. The first-order valence-electron chi connectivity index (χ1n) is 4.76. The van der Waals surface area contributed by atoms with E-state index in [0.29, 0.717) is 17.4 Å². The predicted octanol–water partition coefficient (Wildman–Crippen LogP) is 1.82. The van der Waals surface area contributed by atoms with Crippen molar-refractivity contribution in [3.63, 3.8) is 0 Å². The zero-order valence-corrected chi connectivity index (χ0v) is 8.34. The predicted molar refractivity (Wildman–Crippen MR) is 49.0 cm³/mol. The summed E-state index contributed by atoms with van der Waals surface area (Å²) in [6.07, 6.45) is 2.51. The second-order valence-corrected chi connectivity index (χ2v) is 4.82. The Hall–Kier alpha value is -0.0800. The van der Waals surface area contributed by atoms with Crippen molar-refractivity contribution in [1.82, 2.24) is 0 Å². The second kappa shape index (κ2) is 3.75. The molecular weight excluding hydrogens is 152 g/mol. The topological polar surface area (TPSA) is 29.5 Å². The molecule has 0 saturated carbocycles. The molecule has 1 fully saturated rings. The molecule has 1 saturated heterocycles. The van der Waals surface area contributed by atoms with Crippen LogP contribution in [-0.2, 0) is 4.74 Å². The molecule has 0 aliphatic carbocycles. The van der Waals surface area contributed by atoms with Crippen LogP contribution in [0.5, 0.6) is 0 Å². The van der Waals surface area contributed by atoms with Gasteiger partial charge in [0, 0.05) is 6.61 Å². The van der Waals surface area contributed by atoms with E-state index in [4.69, 9.17) is 9.84 Å². The van der Waals surface area contributed by atoms with E-state index in [2.05, 4.69) is 20.8 Å². The Kier molecular flexibility index (Phi) is 3.13. The van der Waals surface area contributed by atoms with Crippen LogP contribution in [0, 0.1) is 11.3 Å². The van der Waals surface area contributed by atoms with Gasteiger partial charge in [0.15, 0.2) is 0 Å². The molecule has 1 heterocycles. The fourth-order valence-corrected chi connectivity index (χ4v) is 1.75. The number of ether oxygens (including phenoxy) is 1. The molecule has 1 N–H and O–H groups in total. The molecular formula is C10H20O2. The highest BCUT2D eigenvalue weighted by Crippen LogP contribution is 2.33. The van der Waals surface area contributed by atoms with E-state index >= 15 is 0 Å². The summed E-state index contributed by atoms with van der Waals surface area (Å²) in [7, 11) is 0. The molecule has 0 aromatic rings. The third-order valence-corrected chi connectivity index (χ3v) is 2.47. The summed E-state index contributed by atoms with van der Waals surface area (Å²) in [5.41, 5.74) is 0.347. The van der Waals surface area contributed by atoms with Crippen molar-refractivity contribution in [2.45, 2.75) is 39.7 Å². The van der Waals surface area contributed by atoms with Crippen molar-refractivity contribution >= 4 is 0 Å². The average molecular weight is 172 g/mol. The molecule has 1 rings (SSSR count). The lowest BCUT2D eigenvalue weighted by molar-refractivity contribution is 0.0739. The van der Waals surface area contributed by atoms with E-state index in [-0.39, 0.29) is 6.61 Å². The lowest BCUT2D eigenvalue weighted by Gasteiger charge is -2.15. The minimum absolute atomic E-state index is 0.278. The van der Waals surface area contributed by atoms with E-state index in [9.17, 15) is 0 Å². The van der Waals surface area contributed by atoms with Crippen LogP contribution in [0.3, 0.4) is 0 Å². The van der Waals surface area contributed by atoms with E-state index in [1.807, 2.05) is 0 Å². The molecule has 1 aliphatic rings. The van der Waals surface area contributed by atoms with Gasteiger partial charge in [-0.3, -0.25) is 0 Å². The van der Waals surface area contributed by atoms with Gasteiger partial charge in [-0.25, -0.2) is 0 Å². The van der Waals surface area contributed by atoms with E-state index < -0.39 is 0 Å². The highest BCUT2D eigenvalue weighted by molar-refractivity contribution is 4.81. The molecule has 1 aliphatic heterocycles. The van der Waals surface area contributed by atoms with E-state index in [1.54, 1.807) is 0 Å². The quantitative estimate of drug-likeness (QED) is 0.703. The standard InChI is InChI=1S/C10H20O2/c1-8(6-11)4-9-5-10(2,3)7-12-9/h8-9,11H,4-7H2,1-3H3/t8-,9?/m1/s1. The average Bonchev–Trinajstić information content (AvgIpc) is 2.30. The number of rotatable bonds is 3. The monoisotopic (exact) mass is 172 g/mol. The highest BCUT2D eigenvalue weighted by Gasteiger charge is 2.32. The van der Waals surface area contributed by atoms with Gasteiger partial charge in [-0.05, 0) is 24.2 Å². The second-order valence-electron chi connectivity index (χ2n) is 4.82. The number of aliphatic hydroxyl groups is 1. The summed E-state index contributed by atoms with van der Waals surface area (Å²) in [4.78, 5) is 0. The number of hydrogen-bond donors (Lipinski definition) is 1. The fourth-order valence-electron chi connectivity index (χ4n) is 1.75. The first-order chi connectivity index (χ1) is 5.53. The molecule has 0 radical (unpaired) electrons. The van der Waals surface area contributed by atoms with Crippen molar-refractivity contribution in [3.05, 3.63) is 0 Å². The largest absolute Gasteiger partial charge is 0.396 e. The van der Waals surface area contributed by atoms with Gasteiger partial charge in [-0.15, -0.1) is 0 Å². The van der Waals surface area contributed by atoms with Crippen molar-refractivity contribution in [2.75, 3.05) is 13.2 Å². The van der Waals surface area contributed by atoms with E-state index in [1.165, 1.54) is 0 Å². The molecule has 12 heavy (non-hydrogen) atoms. The fraction of sp³-hybridized carbons (Fsp3) is 1.00. The van der Waals surface area contributed by atoms with Crippen LogP contribution in [0.4, 0.5) is 0 Å². The molecule has 72 valence electrons. The van der Waals surface area contributed by atoms with Gasteiger partial charge < -0.3 is 9.84 Å². The summed E-state index contributed by atoms with van der Waals surface area (Å²) in [6.45, 7) is 7.68. The van der Waals surface area contributed by atoms with Crippen LogP contribution in [0.1, 0.15) is 33.6 Å². The van der Waals surface area contributed by atoms with Crippen molar-refractivity contribution in [2.24, 2.45) is 11.3 Å². The Bertz CT molecular complexity index is 143. The molecule has 2 atom stereocenters. The summed E-state index contributed by atoms with van der Waals surface area (Å²) in [5.74, 6) is 0.379. The first-order valence-corrected chi connectivity index (χ1v) is 4.76. The smallest absolute Gasteiger partial charge is 0.0584 e. The lowest BCUT2D eigenvalue weighted by Crippen LogP contribution is -2.14. The maximum Gasteiger partial charge on any atom is 0.0584 e. The van der Waals surface area contributed by atoms with Gasteiger partial charge in [0.2, 0.25) is 0 Å². The summed E-state index contributed by atoms with van der Waals surface area (Å²) >= 11 is 0. The summed E-state index contributed by atoms with van der Waals surface area (Å²) in [6, 6.07) is 0. The van der Waals surface area contributed by atoms with Gasteiger partial charge in [0.25, 0.3) is 0 Å². The van der Waals surface area contributed by atoms with E-state index in [0.717, 1.165) is 19.4 Å². The van der Waals surface area contributed by atoms with Crippen molar-refractivity contribution in [1.29, 1.82) is 0 Å². The molecule has 0 amide bonds. The molecule has 0 spiro atoms. The van der Waals surface area contributed by atoms with Crippen molar-refractivity contribution in [3.8, 4) is 0 Å². The van der Waals surface area contributed by atoms with Crippen molar-refractivity contribution < 1.29 is 9.84 Å². The Morgan fingerprint density at radius 3 is 2.67 bits per heavy atom. The Balaban J connectivity index is 2.28. The summed E-state index contributed by atoms with van der Waals surface area (Å²) < 4.78 is 5.63. The SMILES string of the molecule is C[C@@H](CO)CC1CC(C)(C)CO1. The van der Waals surface area contributed by atoms with Gasteiger partial charge in [0.1, 0.15) is 0 Å². The molecule has 0 aromatic carbocycles. The Labute approximate surface area is 74.9 Å². The maximum absolute atomic E-state index is 8.87. The van der Waals surface area contributed by atoms with Crippen LogP contribution < -0.4 is 0 Å². The zero-order valence-electron chi connectivity index (χ0n) is 8.34. The van der Waals surface area contributed by atoms with Crippen LogP contribution in [-0.4, -0.2) is 24.4 Å². The zero-order chi connectivity index (χ0) is 9.19. The van der Waals surface area contributed by atoms with Crippen LogP contribution in [0.2, 0.25) is 0 Å². The molecule has 0 aromatic heterocycles. The minimum Gasteiger partial charge on any atom is -0.396 e. The van der Waals surface area contributed by atoms with Gasteiger partial charge in [0.05, 0.1) is 12.7 Å². The third kappa shape index (κ3) is 2.76. The molecule has 2 heteroatoms. The minimum atomic E-state index is 0.278. The highest BCUT2D eigenvalue weighted by atomic mass is 16.5. The van der Waals surface area contributed by atoms with Crippen LogP contribution in [0.15, 0.2) is 0 Å². The van der Waals surface area contributed by atoms with Gasteiger partial charge >= 0.3 is 0 Å². The molecule has 0 bridgehead atoms. The maximum atomic E-state index is 8.87. The van der Waals surface area contributed by atoms with Crippen LogP contribution >= 0.6 is 0 Å². The Morgan fingerprint density at radius 2 is 2.25 bits per heavy atom. The first kappa shape index (κ1) is 10.0.